The number of nitrogens with one attached hydrogen (secondary N) is 1. The Kier molecular flexibility index (Phi) is 2.03. The molecule has 0 saturated carbocycles. The summed E-state index contributed by atoms with van der Waals surface area (Å²) in [6.45, 7) is 1.62. The first-order valence-corrected chi connectivity index (χ1v) is 5.12. The number of ether oxygens (including phenoxy) is 1. The molecule has 3 nitrogen and oxygen atoms in total. The quantitative estimate of drug-likeness (QED) is 0.767. The van der Waals surface area contributed by atoms with Crippen LogP contribution >= 0.6 is 0 Å². The normalized spacial score (nSPS) is 19.1. The van der Waals surface area contributed by atoms with Crippen molar-refractivity contribution in [2.24, 2.45) is 0 Å². The molecule has 15 heavy (non-hydrogen) atoms. The van der Waals surface area contributed by atoms with Crippen LogP contribution in [0.5, 0.6) is 0 Å². The van der Waals surface area contributed by atoms with Gasteiger partial charge in [-0.3, -0.25) is 0 Å². The minimum atomic E-state index is 0.769. The summed E-state index contributed by atoms with van der Waals surface area (Å²) in [5.74, 6) is 0. The summed E-state index contributed by atoms with van der Waals surface area (Å²) >= 11 is 0. The molecule has 0 amide bonds. The van der Waals surface area contributed by atoms with Gasteiger partial charge >= 0.3 is 0 Å². The third-order valence-corrected chi connectivity index (χ3v) is 2.65. The van der Waals surface area contributed by atoms with Crippen molar-refractivity contribution in [3.8, 4) is 0 Å². The first-order chi connectivity index (χ1) is 7.42. The Bertz CT molecular complexity index is 505. The Labute approximate surface area is 87.8 Å². The summed E-state index contributed by atoms with van der Waals surface area (Å²) in [7, 11) is 0. The van der Waals surface area contributed by atoms with E-state index in [9.17, 15) is 0 Å². The predicted molar refractivity (Wildman–Crippen MR) is 59.5 cm³/mol. The van der Waals surface area contributed by atoms with Crippen LogP contribution in [-0.4, -0.2) is 23.2 Å². The first kappa shape index (κ1) is 8.68. The van der Waals surface area contributed by atoms with E-state index in [4.69, 9.17) is 4.74 Å². The fraction of sp³-hybridized carbons (Fsp3) is 0.250. The van der Waals surface area contributed by atoms with Gasteiger partial charge in [0.25, 0.3) is 0 Å². The number of pyridine rings is 1. The number of hydrogen-bond acceptors (Lipinski definition) is 2. The molecule has 0 spiro atoms. The zero-order valence-corrected chi connectivity index (χ0v) is 8.36. The highest BCUT2D eigenvalue weighted by Gasteiger charge is 2.06. The van der Waals surface area contributed by atoms with Gasteiger partial charge in [0.05, 0.1) is 13.2 Å². The maximum atomic E-state index is 5.31. The van der Waals surface area contributed by atoms with Gasteiger partial charge in [0.1, 0.15) is 5.65 Å². The number of rotatable bonds is 1. The van der Waals surface area contributed by atoms with Crippen molar-refractivity contribution in [2.75, 3.05) is 13.2 Å². The van der Waals surface area contributed by atoms with Gasteiger partial charge in [-0.15, -0.1) is 0 Å². The number of H-pyrrole nitrogens is 1. The summed E-state index contributed by atoms with van der Waals surface area (Å²) in [6, 6.07) is 4.18. The second-order valence-corrected chi connectivity index (χ2v) is 3.79. The van der Waals surface area contributed by atoms with E-state index in [1.165, 1.54) is 5.57 Å². The van der Waals surface area contributed by atoms with Gasteiger partial charge in [-0.2, -0.15) is 0 Å². The highest BCUT2D eigenvalue weighted by Crippen LogP contribution is 2.17. The lowest BCUT2D eigenvalue weighted by Gasteiger charge is -1.96. The molecule has 0 aliphatic carbocycles. The third kappa shape index (κ3) is 1.66. The van der Waals surface area contributed by atoms with Gasteiger partial charge in [-0.05, 0) is 29.7 Å². The standard InChI is InChI=1S/C12H12N2O/c1-3-13-12-11(1)6-10(7-14-12)5-9-2-4-15-8-9/h1,3,5-7H,2,4,8H2,(H,13,14)/b9-5-. The van der Waals surface area contributed by atoms with Crippen LogP contribution in [0.25, 0.3) is 17.1 Å². The lowest BCUT2D eigenvalue weighted by atomic mass is 10.1. The molecule has 0 bridgehead atoms. The Morgan fingerprint density at radius 3 is 3.33 bits per heavy atom. The summed E-state index contributed by atoms with van der Waals surface area (Å²) in [4.78, 5) is 7.43. The fourth-order valence-corrected chi connectivity index (χ4v) is 1.86. The van der Waals surface area contributed by atoms with E-state index in [0.717, 1.165) is 36.2 Å². The number of hydrogen-bond donors (Lipinski definition) is 1. The minimum absolute atomic E-state index is 0.769. The summed E-state index contributed by atoms with van der Waals surface area (Å²) in [6.07, 6.45) is 7.02. The molecule has 3 heteroatoms. The molecule has 0 radical (unpaired) electrons. The van der Waals surface area contributed by atoms with Crippen LogP contribution in [0.4, 0.5) is 0 Å². The lowest BCUT2D eigenvalue weighted by Crippen LogP contribution is -1.83. The molecule has 0 atom stereocenters. The zero-order valence-electron chi connectivity index (χ0n) is 8.36. The SMILES string of the molecule is C(=C1\CCOC1)/c1cnc2[nH]ccc2c1. The highest BCUT2D eigenvalue weighted by atomic mass is 16.5. The van der Waals surface area contributed by atoms with E-state index in [2.05, 4.69) is 22.1 Å². The van der Waals surface area contributed by atoms with Crippen molar-refractivity contribution < 1.29 is 4.74 Å². The van der Waals surface area contributed by atoms with Gasteiger partial charge in [-0.25, -0.2) is 4.98 Å². The average Bonchev–Trinajstić information content (AvgIpc) is 2.87. The van der Waals surface area contributed by atoms with E-state index in [1.807, 2.05) is 18.5 Å². The molecule has 1 N–H and O–H groups in total. The van der Waals surface area contributed by atoms with Gasteiger partial charge in [0.15, 0.2) is 0 Å². The van der Waals surface area contributed by atoms with E-state index in [1.54, 1.807) is 0 Å². The molecular formula is C12H12N2O. The Morgan fingerprint density at radius 2 is 2.47 bits per heavy atom. The maximum absolute atomic E-state index is 5.31. The second-order valence-electron chi connectivity index (χ2n) is 3.79. The van der Waals surface area contributed by atoms with Crippen LogP contribution in [0.1, 0.15) is 12.0 Å². The monoisotopic (exact) mass is 200 g/mol. The van der Waals surface area contributed by atoms with Gasteiger partial charge in [0.2, 0.25) is 0 Å². The minimum Gasteiger partial charge on any atom is -0.377 e. The second kappa shape index (κ2) is 3.51. The van der Waals surface area contributed by atoms with Crippen LogP contribution < -0.4 is 0 Å². The zero-order chi connectivity index (χ0) is 10.1. The van der Waals surface area contributed by atoms with Crippen LogP contribution in [0, 0.1) is 0 Å². The predicted octanol–water partition coefficient (Wildman–Crippen LogP) is 2.37. The van der Waals surface area contributed by atoms with Crippen LogP contribution in [0.2, 0.25) is 0 Å². The summed E-state index contributed by atoms with van der Waals surface area (Å²) < 4.78 is 5.31. The first-order valence-electron chi connectivity index (χ1n) is 5.12. The molecule has 2 aromatic heterocycles. The topological polar surface area (TPSA) is 37.9 Å². The molecule has 1 fully saturated rings. The average molecular weight is 200 g/mol. The number of aromatic amines is 1. The number of aromatic nitrogens is 2. The van der Waals surface area contributed by atoms with Crippen molar-refractivity contribution in [1.29, 1.82) is 0 Å². The molecule has 1 aliphatic rings. The van der Waals surface area contributed by atoms with Gasteiger partial charge in [-0.1, -0.05) is 6.08 Å². The summed E-state index contributed by atoms with van der Waals surface area (Å²) in [5, 5.41) is 1.16. The van der Waals surface area contributed by atoms with Crippen molar-refractivity contribution in [3.63, 3.8) is 0 Å². The van der Waals surface area contributed by atoms with Crippen molar-refractivity contribution in [3.05, 3.63) is 35.7 Å². The van der Waals surface area contributed by atoms with Crippen LogP contribution in [0.3, 0.4) is 0 Å². The number of fused-ring (bicyclic) bond motifs is 1. The number of nitrogens with zero attached hydrogens (tertiary/aromatic N) is 1. The maximum Gasteiger partial charge on any atom is 0.137 e. The largest absolute Gasteiger partial charge is 0.377 e. The van der Waals surface area contributed by atoms with Crippen LogP contribution in [0.15, 0.2) is 30.1 Å². The Hall–Kier alpha value is -1.61. The third-order valence-electron chi connectivity index (χ3n) is 2.65. The Balaban J connectivity index is 2.00. The molecule has 1 aliphatic heterocycles. The molecule has 76 valence electrons. The van der Waals surface area contributed by atoms with Crippen molar-refractivity contribution in [1.82, 2.24) is 9.97 Å². The molecular weight excluding hydrogens is 188 g/mol. The fourth-order valence-electron chi connectivity index (χ4n) is 1.86. The lowest BCUT2D eigenvalue weighted by molar-refractivity contribution is 0.205. The molecule has 1 saturated heterocycles. The smallest absolute Gasteiger partial charge is 0.137 e. The molecule has 0 unspecified atom stereocenters. The van der Waals surface area contributed by atoms with E-state index >= 15 is 0 Å². The molecule has 0 aromatic carbocycles. The van der Waals surface area contributed by atoms with E-state index in [-0.39, 0.29) is 0 Å². The Morgan fingerprint density at radius 1 is 1.47 bits per heavy atom. The van der Waals surface area contributed by atoms with Gasteiger partial charge < -0.3 is 9.72 Å². The van der Waals surface area contributed by atoms with E-state index < -0.39 is 0 Å². The van der Waals surface area contributed by atoms with Gasteiger partial charge in [0, 0.05) is 17.8 Å². The highest BCUT2D eigenvalue weighted by molar-refractivity contribution is 5.78. The van der Waals surface area contributed by atoms with Crippen molar-refractivity contribution >= 4 is 17.1 Å². The molecule has 3 rings (SSSR count). The summed E-state index contributed by atoms with van der Waals surface area (Å²) in [5.41, 5.74) is 3.45. The van der Waals surface area contributed by atoms with Crippen molar-refractivity contribution in [2.45, 2.75) is 6.42 Å². The van der Waals surface area contributed by atoms with E-state index in [0.29, 0.717) is 0 Å². The molecule has 3 heterocycles. The van der Waals surface area contributed by atoms with Crippen LogP contribution in [-0.2, 0) is 4.74 Å². The molecule has 2 aromatic rings.